The highest BCUT2D eigenvalue weighted by Gasteiger charge is 2.42. The van der Waals surface area contributed by atoms with Gasteiger partial charge in [-0.1, -0.05) is 24.3 Å². The maximum absolute atomic E-state index is 11.2. The minimum Gasteiger partial charge on any atom is -0.372 e. The number of halogens is 1. The van der Waals surface area contributed by atoms with Crippen LogP contribution < -0.4 is 0 Å². The molecule has 0 amide bonds. The number of methoxy groups -OCH3 is 1. The number of hydrogen-bond acceptors (Lipinski definition) is 3. The highest BCUT2D eigenvalue weighted by Crippen LogP contribution is 2.40. The van der Waals surface area contributed by atoms with Crippen LogP contribution in [0.5, 0.6) is 0 Å². The fourth-order valence-corrected chi connectivity index (χ4v) is 3.86. The molecule has 0 bridgehead atoms. The van der Waals surface area contributed by atoms with Crippen LogP contribution in [-0.2, 0) is 25.8 Å². The quantitative estimate of drug-likeness (QED) is 0.782. The molecule has 1 unspecified atom stereocenters. The van der Waals surface area contributed by atoms with Crippen molar-refractivity contribution in [3.63, 3.8) is 0 Å². The van der Waals surface area contributed by atoms with Crippen LogP contribution in [-0.4, -0.2) is 21.3 Å². The number of ether oxygens (including phenoxy) is 1. The molecular weight excluding hydrogens is 248 g/mol. The van der Waals surface area contributed by atoms with Crippen LogP contribution in [0.15, 0.2) is 24.3 Å². The van der Waals surface area contributed by atoms with Crippen molar-refractivity contribution in [2.45, 2.75) is 18.4 Å². The Kier molecular flexibility index (Phi) is 2.99. The van der Waals surface area contributed by atoms with Crippen LogP contribution in [0.4, 0.5) is 0 Å². The van der Waals surface area contributed by atoms with E-state index >= 15 is 0 Å². The second-order valence-corrected chi connectivity index (χ2v) is 6.82. The lowest BCUT2D eigenvalue weighted by atomic mass is 9.98. The van der Waals surface area contributed by atoms with Gasteiger partial charge in [-0.15, -0.1) is 0 Å². The zero-order chi connectivity index (χ0) is 11.8. The first kappa shape index (κ1) is 11.9. The molecule has 0 saturated heterocycles. The van der Waals surface area contributed by atoms with Crippen LogP contribution in [0.3, 0.4) is 0 Å². The second-order valence-electron chi connectivity index (χ2n) is 4.04. The largest absolute Gasteiger partial charge is 0.372 e. The van der Waals surface area contributed by atoms with Crippen molar-refractivity contribution in [3.05, 3.63) is 35.4 Å². The number of aryl methyl sites for hydroxylation is 1. The Labute approximate surface area is 99.8 Å². The van der Waals surface area contributed by atoms with Gasteiger partial charge in [0.25, 0.3) is 0 Å². The van der Waals surface area contributed by atoms with Gasteiger partial charge in [0.2, 0.25) is 9.05 Å². The highest BCUT2D eigenvalue weighted by atomic mass is 35.7. The molecule has 5 heteroatoms. The van der Waals surface area contributed by atoms with Gasteiger partial charge in [0.05, 0.1) is 5.75 Å². The third-order valence-electron chi connectivity index (χ3n) is 3.10. The van der Waals surface area contributed by atoms with Gasteiger partial charge in [-0.3, -0.25) is 0 Å². The van der Waals surface area contributed by atoms with Crippen molar-refractivity contribution in [2.24, 2.45) is 0 Å². The molecular formula is C11H13ClO3S. The molecule has 0 spiro atoms. The number of rotatable bonds is 3. The summed E-state index contributed by atoms with van der Waals surface area (Å²) in [5, 5.41) is 0. The molecule has 0 N–H and O–H groups in total. The van der Waals surface area contributed by atoms with Gasteiger partial charge < -0.3 is 4.74 Å². The average molecular weight is 261 g/mol. The molecule has 0 fully saturated rings. The summed E-state index contributed by atoms with van der Waals surface area (Å²) in [5.74, 6) is -0.172. The van der Waals surface area contributed by atoms with E-state index in [1.165, 1.54) is 7.11 Å². The van der Waals surface area contributed by atoms with Gasteiger partial charge in [0, 0.05) is 17.8 Å². The van der Waals surface area contributed by atoms with Crippen LogP contribution >= 0.6 is 10.7 Å². The molecule has 0 radical (unpaired) electrons. The predicted molar refractivity (Wildman–Crippen MR) is 63.1 cm³/mol. The standard InChI is InChI=1S/C11H13ClO3S/c1-15-11(8-16(12,13)14)7-6-9-4-2-3-5-10(9)11/h2-5H,6-8H2,1H3. The third kappa shape index (κ3) is 2.10. The van der Waals surface area contributed by atoms with Crippen molar-refractivity contribution < 1.29 is 13.2 Å². The highest BCUT2D eigenvalue weighted by molar-refractivity contribution is 8.13. The van der Waals surface area contributed by atoms with E-state index in [4.69, 9.17) is 15.4 Å². The van der Waals surface area contributed by atoms with E-state index in [9.17, 15) is 8.42 Å². The first-order valence-corrected chi connectivity index (χ1v) is 7.51. The van der Waals surface area contributed by atoms with Gasteiger partial charge >= 0.3 is 0 Å². The first-order valence-electron chi connectivity index (χ1n) is 5.03. The maximum atomic E-state index is 11.2. The Hall–Kier alpha value is -0.580. The molecule has 1 aromatic carbocycles. The Bertz CT molecular complexity index is 498. The molecule has 3 nitrogen and oxygen atoms in total. The van der Waals surface area contributed by atoms with Crippen LogP contribution in [0, 0.1) is 0 Å². The molecule has 0 heterocycles. The van der Waals surface area contributed by atoms with Crippen molar-refractivity contribution in [3.8, 4) is 0 Å². The van der Waals surface area contributed by atoms with E-state index < -0.39 is 14.7 Å². The smallest absolute Gasteiger partial charge is 0.235 e. The van der Waals surface area contributed by atoms with Gasteiger partial charge in [-0.25, -0.2) is 8.42 Å². The lowest BCUT2D eigenvalue weighted by Crippen LogP contribution is -2.32. The molecule has 1 aliphatic rings. The molecule has 0 saturated carbocycles. The van der Waals surface area contributed by atoms with E-state index in [1.54, 1.807) is 0 Å². The minimum atomic E-state index is -3.57. The molecule has 88 valence electrons. The van der Waals surface area contributed by atoms with Gasteiger partial charge in [0.15, 0.2) is 0 Å². The van der Waals surface area contributed by atoms with E-state index in [0.717, 1.165) is 17.5 Å². The topological polar surface area (TPSA) is 43.4 Å². The summed E-state index contributed by atoms with van der Waals surface area (Å²) in [7, 11) is 3.30. The van der Waals surface area contributed by atoms with E-state index in [1.807, 2.05) is 24.3 Å². The molecule has 16 heavy (non-hydrogen) atoms. The van der Waals surface area contributed by atoms with Gasteiger partial charge in [-0.2, -0.15) is 0 Å². The lowest BCUT2D eigenvalue weighted by Gasteiger charge is -2.27. The molecule has 1 atom stereocenters. The van der Waals surface area contributed by atoms with Crippen LogP contribution in [0.2, 0.25) is 0 Å². The number of benzene rings is 1. The lowest BCUT2D eigenvalue weighted by molar-refractivity contribution is 0.00720. The zero-order valence-corrected chi connectivity index (χ0v) is 10.5. The summed E-state index contributed by atoms with van der Waals surface area (Å²) in [4.78, 5) is 0. The normalized spacial score (nSPS) is 24.4. The summed E-state index contributed by atoms with van der Waals surface area (Å²) in [6.45, 7) is 0. The summed E-state index contributed by atoms with van der Waals surface area (Å²) >= 11 is 0. The average Bonchev–Trinajstić information content (AvgIpc) is 2.57. The molecule has 2 rings (SSSR count). The predicted octanol–water partition coefficient (Wildman–Crippen LogP) is 2.04. The summed E-state index contributed by atoms with van der Waals surface area (Å²) in [6, 6.07) is 7.74. The zero-order valence-electron chi connectivity index (χ0n) is 8.94. The van der Waals surface area contributed by atoms with E-state index in [2.05, 4.69) is 0 Å². The second kappa shape index (κ2) is 4.02. The Morgan fingerprint density at radius 3 is 2.75 bits per heavy atom. The fraction of sp³-hybridized carbons (Fsp3) is 0.455. The molecule has 0 aliphatic heterocycles. The van der Waals surface area contributed by atoms with Gasteiger partial charge in [0.1, 0.15) is 5.60 Å². The monoisotopic (exact) mass is 260 g/mol. The number of fused-ring (bicyclic) bond motifs is 1. The van der Waals surface area contributed by atoms with E-state index in [-0.39, 0.29) is 5.75 Å². The van der Waals surface area contributed by atoms with Gasteiger partial charge in [-0.05, 0) is 24.0 Å². The number of hydrogen-bond donors (Lipinski definition) is 0. The molecule has 1 aromatic rings. The van der Waals surface area contributed by atoms with E-state index in [0.29, 0.717) is 6.42 Å². The Balaban J connectivity index is 2.46. The SMILES string of the molecule is COC1(CS(=O)(=O)Cl)CCc2ccccc21. The van der Waals surface area contributed by atoms with Crippen molar-refractivity contribution in [2.75, 3.05) is 12.9 Å². The minimum absolute atomic E-state index is 0.172. The summed E-state index contributed by atoms with van der Waals surface area (Å²) in [5.41, 5.74) is 1.32. The molecule has 0 aromatic heterocycles. The third-order valence-corrected chi connectivity index (χ3v) is 4.24. The van der Waals surface area contributed by atoms with Crippen LogP contribution in [0.25, 0.3) is 0 Å². The van der Waals surface area contributed by atoms with Crippen LogP contribution in [0.1, 0.15) is 17.5 Å². The Morgan fingerprint density at radius 2 is 2.12 bits per heavy atom. The maximum Gasteiger partial charge on any atom is 0.235 e. The van der Waals surface area contributed by atoms with Crippen molar-refractivity contribution in [1.82, 2.24) is 0 Å². The van der Waals surface area contributed by atoms with Crippen molar-refractivity contribution in [1.29, 1.82) is 0 Å². The van der Waals surface area contributed by atoms with Crippen molar-refractivity contribution >= 4 is 19.7 Å². The summed E-state index contributed by atoms with van der Waals surface area (Å²) in [6.07, 6.45) is 1.49. The molecule has 1 aliphatic carbocycles. The first-order chi connectivity index (χ1) is 7.47. The fourth-order valence-electron chi connectivity index (χ4n) is 2.35. The Morgan fingerprint density at radius 1 is 1.44 bits per heavy atom. The summed E-state index contributed by atoms with van der Waals surface area (Å²) < 4.78 is 27.9.